The quantitative estimate of drug-likeness (QED) is 0.862. The van der Waals surface area contributed by atoms with Crippen LogP contribution in [0.3, 0.4) is 0 Å². The molecular formula is C18H24N2O4S. The largest absolute Gasteiger partial charge is 0.368 e. The van der Waals surface area contributed by atoms with Crippen LogP contribution in [-0.4, -0.2) is 37.4 Å². The Morgan fingerprint density at radius 3 is 2.56 bits per heavy atom. The van der Waals surface area contributed by atoms with E-state index >= 15 is 0 Å². The van der Waals surface area contributed by atoms with Gasteiger partial charge in [0.05, 0.1) is 10.5 Å². The van der Waals surface area contributed by atoms with Crippen LogP contribution in [0.4, 0.5) is 0 Å². The molecule has 1 saturated carbocycles. The predicted octanol–water partition coefficient (Wildman–Crippen LogP) is 1.87. The smallest absolute Gasteiger partial charge is 0.256 e. The SMILES string of the molecule is CS(=O)(=O)c1cccc2c1C(=O)N([C@@H](CC1CCCCC1)C(N)=O)C2. The fourth-order valence-electron chi connectivity index (χ4n) is 4.05. The van der Waals surface area contributed by atoms with Crippen LogP contribution >= 0.6 is 0 Å². The second-order valence-electron chi connectivity index (χ2n) is 7.15. The third-order valence-corrected chi connectivity index (χ3v) is 6.45. The molecule has 1 fully saturated rings. The molecule has 0 saturated heterocycles. The molecule has 0 spiro atoms. The first-order valence-electron chi connectivity index (χ1n) is 8.71. The van der Waals surface area contributed by atoms with Crippen molar-refractivity contribution in [1.29, 1.82) is 0 Å². The highest BCUT2D eigenvalue weighted by atomic mass is 32.2. The summed E-state index contributed by atoms with van der Waals surface area (Å²) in [6.45, 7) is 0.234. The molecule has 1 aliphatic heterocycles. The lowest BCUT2D eigenvalue weighted by molar-refractivity contribution is -0.123. The number of primary amides is 1. The van der Waals surface area contributed by atoms with Crippen LogP contribution in [0.2, 0.25) is 0 Å². The molecular weight excluding hydrogens is 340 g/mol. The third-order valence-electron chi connectivity index (χ3n) is 5.31. The average molecular weight is 364 g/mol. The molecule has 1 aromatic carbocycles. The first-order chi connectivity index (χ1) is 11.8. The van der Waals surface area contributed by atoms with Gasteiger partial charge < -0.3 is 10.6 Å². The molecule has 1 aliphatic carbocycles. The minimum Gasteiger partial charge on any atom is -0.368 e. The number of sulfone groups is 1. The lowest BCUT2D eigenvalue weighted by atomic mass is 9.84. The van der Waals surface area contributed by atoms with E-state index in [2.05, 4.69) is 0 Å². The van der Waals surface area contributed by atoms with Crippen molar-refractivity contribution in [3.05, 3.63) is 29.3 Å². The van der Waals surface area contributed by atoms with Crippen LogP contribution in [-0.2, 0) is 21.2 Å². The number of nitrogens with two attached hydrogens (primary N) is 1. The van der Waals surface area contributed by atoms with Gasteiger partial charge in [0.25, 0.3) is 5.91 Å². The van der Waals surface area contributed by atoms with Gasteiger partial charge in [-0.3, -0.25) is 9.59 Å². The van der Waals surface area contributed by atoms with Crippen LogP contribution in [0.25, 0.3) is 0 Å². The van der Waals surface area contributed by atoms with Crippen LogP contribution in [0.1, 0.15) is 54.4 Å². The summed E-state index contributed by atoms with van der Waals surface area (Å²) in [6.07, 6.45) is 7.24. The number of hydrogen-bond donors (Lipinski definition) is 1. The number of hydrogen-bond acceptors (Lipinski definition) is 4. The molecule has 1 heterocycles. The fourth-order valence-corrected chi connectivity index (χ4v) is 4.96. The van der Waals surface area contributed by atoms with Crippen molar-refractivity contribution in [3.63, 3.8) is 0 Å². The zero-order chi connectivity index (χ0) is 18.2. The van der Waals surface area contributed by atoms with E-state index < -0.39 is 27.7 Å². The summed E-state index contributed by atoms with van der Waals surface area (Å²) in [5, 5.41) is 0. The zero-order valence-corrected chi connectivity index (χ0v) is 15.2. The van der Waals surface area contributed by atoms with Crippen molar-refractivity contribution in [1.82, 2.24) is 4.90 Å². The lowest BCUT2D eigenvalue weighted by Gasteiger charge is -2.30. The van der Waals surface area contributed by atoms with Gasteiger partial charge in [-0.2, -0.15) is 0 Å². The first-order valence-corrected chi connectivity index (χ1v) is 10.6. The number of carbonyl (C=O) groups is 2. The number of benzene rings is 1. The number of rotatable bonds is 5. The molecule has 0 unspecified atom stereocenters. The van der Waals surface area contributed by atoms with Gasteiger partial charge in [0.2, 0.25) is 5.91 Å². The Morgan fingerprint density at radius 1 is 1.28 bits per heavy atom. The molecule has 0 aromatic heterocycles. The monoisotopic (exact) mass is 364 g/mol. The summed E-state index contributed by atoms with van der Waals surface area (Å²) in [7, 11) is -3.52. The number of carbonyl (C=O) groups excluding carboxylic acids is 2. The maximum atomic E-state index is 12.9. The highest BCUT2D eigenvalue weighted by Crippen LogP contribution is 2.34. The van der Waals surface area contributed by atoms with Gasteiger partial charge in [-0.05, 0) is 24.0 Å². The standard InChI is InChI=1S/C18H24N2O4S/c1-25(23,24)15-9-5-8-13-11-20(18(22)16(13)15)14(17(19)21)10-12-6-3-2-4-7-12/h5,8-9,12,14H,2-4,6-7,10-11H2,1H3,(H2,19,21)/t14-/m0/s1. The molecule has 6 nitrogen and oxygen atoms in total. The summed E-state index contributed by atoms with van der Waals surface area (Å²) in [4.78, 5) is 26.4. The van der Waals surface area contributed by atoms with Crippen molar-refractivity contribution < 1.29 is 18.0 Å². The van der Waals surface area contributed by atoms with E-state index in [1.54, 1.807) is 12.1 Å². The van der Waals surface area contributed by atoms with Crippen LogP contribution < -0.4 is 5.73 Å². The fraction of sp³-hybridized carbons (Fsp3) is 0.556. The van der Waals surface area contributed by atoms with E-state index in [0.717, 1.165) is 31.9 Å². The minimum absolute atomic E-state index is 0.0263. The van der Waals surface area contributed by atoms with Crippen molar-refractivity contribution in [2.24, 2.45) is 11.7 Å². The Bertz CT molecular complexity index is 797. The zero-order valence-electron chi connectivity index (χ0n) is 14.4. The van der Waals surface area contributed by atoms with Gasteiger partial charge in [0, 0.05) is 12.8 Å². The topological polar surface area (TPSA) is 97.5 Å². The summed E-state index contributed by atoms with van der Waals surface area (Å²) in [5.41, 5.74) is 6.44. The van der Waals surface area contributed by atoms with Gasteiger partial charge in [0.1, 0.15) is 6.04 Å². The number of amides is 2. The summed E-state index contributed by atoms with van der Waals surface area (Å²) in [5.74, 6) is -0.541. The lowest BCUT2D eigenvalue weighted by Crippen LogP contribution is -2.46. The van der Waals surface area contributed by atoms with E-state index in [1.165, 1.54) is 17.4 Å². The van der Waals surface area contributed by atoms with Crippen molar-refractivity contribution >= 4 is 21.7 Å². The molecule has 2 N–H and O–H groups in total. The molecule has 2 aliphatic rings. The summed E-state index contributed by atoms with van der Waals surface area (Å²) >= 11 is 0. The van der Waals surface area contributed by atoms with E-state index in [-0.39, 0.29) is 17.0 Å². The number of nitrogens with zero attached hydrogens (tertiary/aromatic N) is 1. The van der Waals surface area contributed by atoms with Crippen LogP contribution in [0, 0.1) is 5.92 Å². The van der Waals surface area contributed by atoms with Gasteiger partial charge in [-0.15, -0.1) is 0 Å². The molecule has 3 rings (SSSR count). The normalized spacial score (nSPS) is 19.7. The average Bonchev–Trinajstić information content (AvgIpc) is 2.89. The van der Waals surface area contributed by atoms with Gasteiger partial charge in [-0.1, -0.05) is 44.2 Å². The molecule has 7 heteroatoms. The molecule has 2 amide bonds. The number of fused-ring (bicyclic) bond motifs is 1. The second kappa shape index (κ2) is 6.78. The molecule has 1 aromatic rings. The Hall–Kier alpha value is -1.89. The molecule has 25 heavy (non-hydrogen) atoms. The second-order valence-corrected chi connectivity index (χ2v) is 9.14. The molecule has 0 bridgehead atoms. The van der Waals surface area contributed by atoms with E-state index in [1.807, 2.05) is 0 Å². The van der Waals surface area contributed by atoms with E-state index in [0.29, 0.717) is 17.9 Å². The van der Waals surface area contributed by atoms with Crippen molar-refractivity contribution in [2.45, 2.75) is 56.0 Å². The van der Waals surface area contributed by atoms with Gasteiger partial charge in [-0.25, -0.2) is 8.42 Å². The van der Waals surface area contributed by atoms with Crippen molar-refractivity contribution in [2.75, 3.05) is 6.26 Å². The predicted molar refractivity (Wildman–Crippen MR) is 93.6 cm³/mol. The Labute approximate surface area is 148 Å². The molecule has 1 atom stereocenters. The maximum Gasteiger partial charge on any atom is 0.256 e. The van der Waals surface area contributed by atoms with Gasteiger partial charge >= 0.3 is 0 Å². The summed E-state index contributed by atoms with van der Waals surface area (Å²) in [6, 6.07) is 4.12. The summed E-state index contributed by atoms with van der Waals surface area (Å²) < 4.78 is 24.0. The highest BCUT2D eigenvalue weighted by molar-refractivity contribution is 7.90. The Morgan fingerprint density at radius 2 is 1.96 bits per heavy atom. The van der Waals surface area contributed by atoms with Crippen molar-refractivity contribution in [3.8, 4) is 0 Å². The van der Waals surface area contributed by atoms with E-state index in [4.69, 9.17) is 5.73 Å². The molecule has 136 valence electrons. The van der Waals surface area contributed by atoms with Crippen LogP contribution in [0.5, 0.6) is 0 Å². The highest BCUT2D eigenvalue weighted by Gasteiger charge is 2.39. The Kier molecular flexibility index (Phi) is 4.86. The first kappa shape index (κ1) is 17.9. The van der Waals surface area contributed by atoms with E-state index in [9.17, 15) is 18.0 Å². The van der Waals surface area contributed by atoms with Gasteiger partial charge in [0.15, 0.2) is 9.84 Å². The molecule has 0 radical (unpaired) electrons. The minimum atomic E-state index is -3.52. The maximum absolute atomic E-state index is 12.9. The third kappa shape index (κ3) is 3.56. The van der Waals surface area contributed by atoms with Crippen LogP contribution in [0.15, 0.2) is 23.1 Å². The Balaban J connectivity index is 1.89.